The fourth-order valence-electron chi connectivity index (χ4n) is 2.16. The summed E-state index contributed by atoms with van der Waals surface area (Å²) in [5, 5.41) is 4.04. The van der Waals surface area contributed by atoms with Gasteiger partial charge in [0.15, 0.2) is 0 Å². The molecule has 3 nitrogen and oxygen atoms in total. The van der Waals surface area contributed by atoms with E-state index in [-0.39, 0.29) is 11.8 Å². The molecular formula is C14H17ClN2O. The molecule has 0 unspecified atom stereocenters. The number of carbonyl (C=O) groups is 1. The summed E-state index contributed by atoms with van der Waals surface area (Å²) in [4.78, 5) is 11.0. The first-order valence-corrected chi connectivity index (χ1v) is 6.63. The van der Waals surface area contributed by atoms with Gasteiger partial charge in [0.1, 0.15) is 5.88 Å². The van der Waals surface area contributed by atoms with Gasteiger partial charge in [-0.15, -0.1) is 11.6 Å². The number of hydrogen-bond donors (Lipinski definition) is 1. The predicted molar refractivity (Wildman–Crippen MR) is 75.0 cm³/mol. The van der Waals surface area contributed by atoms with E-state index >= 15 is 0 Å². The highest BCUT2D eigenvalue weighted by atomic mass is 35.5. The number of hydrogen-bond acceptors (Lipinski definition) is 1. The van der Waals surface area contributed by atoms with Crippen LogP contribution in [0.25, 0.3) is 10.9 Å². The lowest BCUT2D eigenvalue weighted by atomic mass is 10.2. The second-order valence-corrected chi connectivity index (χ2v) is 4.60. The fraction of sp³-hybridized carbons (Fsp3) is 0.357. The summed E-state index contributed by atoms with van der Waals surface area (Å²) in [6.07, 6.45) is 0.905. The number of alkyl halides is 1. The van der Waals surface area contributed by atoms with Crippen molar-refractivity contribution in [1.29, 1.82) is 0 Å². The molecule has 0 radical (unpaired) electrons. The molecule has 0 saturated heterocycles. The first-order chi connectivity index (χ1) is 8.72. The van der Waals surface area contributed by atoms with E-state index in [2.05, 4.69) is 35.0 Å². The molecule has 0 atom stereocenters. The Kier molecular flexibility index (Phi) is 4.26. The van der Waals surface area contributed by atoms with Crippen LogP contribution in [0, 0.1) is 6.92 Å². The largest absolute Gasteiger partial charge is 0.355 e. The Morgan fingerprint density at radius 2 is 2.17 bits per heavy atom. The van der Waals surface area contributed by atoms with Crippen molar-refractivity contribution in [2.45, 2.75) is 19.9 Å². The highest BCUT2D eigenvalue weighted by Crippen LogP contribution is 2.19. The van der Waals surface area contributed by atoms with Gasteiger partial charge in [-0.25, -0.2) is 0 Å². The Hall–Kier alpha value is -1.48. The van der Waals surface area contributed by atoms with Crippen LogP contribution in [0.2, 0.25) is 0 Å². The van der Waals surface area contributed by atoms with Crippen LogP contribution in [-0.2, 0) is 11.3 Å². The summed E-state index contributed by atoms with van der Waals surface area (Å²) >= 11 is 5.42. The van der Waals surface area contributed by atoms with Crippen molar-refractivity contribution in [3.05, 3.63) is 36.0 Å². The third-order valence-electron chi connectivity index (χ3n) is 3.02. The maximum atomic E-state index is 11.0. The normalized spacial score (nSPS) is 10.8. The predicted octanol–water partition coefficient (Wildman–Crippen LogP) is 2.69. The summed E-state index contributed by atoms with van der Waals surface area (Å²) in [5.74, 6) is -0.0726. The van der Waals surface area contributed by atoms with E-state index in [1.54, 1.807) is 0 Å². The Bertz CT molecular complexity index is 548. The molecule has 0 spiro atoms. The number of nitrogens with one attached hydrogen (secondary N) is 1. The SMILES string of the molecule is Cc1cc2ccccc2n1CCCNC(=O)CCl. The molecule has 2 rings (SSSR count). The van der Waals surface area contributed by atoms with Crippen LogP contribution < -0.4 is 5.32 Å². The Balaban J connectivity index is 1.99. The first kappa shape index (κ1) is 13.0. The molecule has 0 bridgehead atoms. The van der Waals surface area contributed by atoms with E-state index in [1.165, 1.54) is 16.6 Å². The molecule has 0 saturated carbocycles. The van der Waals surface area contributed by atoms with Crippen LogP contribution in [0.3, 0.4) is 0 Å². The number of fused-ring (bicyclic) bond motifs is 1. The highest BCUT2D eigenvalue weighted by molar-refractivity contribution is 6.27. The van der Waals surface area contributed by atoms with Crippen molar-refractivity contribution in [2.75, 3.05) is 12.4 Å². The molecule has 18 heavy (non-hydrogen) atoms. The monoisotopic (exact) mass is 264 g/mol. The third-order valence-corrected chi connectivity index (χ3v) is 3.26. The molecule has 1 N–H and O–H groups in total. The minimum Gasteiger partial charge on any atom is -0.355 e. The molecule has 1 aromatic heterocycles. The molecule has 4 heteroatoms. The zero-order valence-corrected chi connectivity index (χ0v) is 11.2. The van der Waals surface area contributed by atoms with Crippen LogP contribution in [-0.4, -0.2) is 22.9 Å². The quantitative estimate of drug-likeness (QED) is 0.654. The summed E-state index contributed by atoms with van der Waals surface area (Å²) in [5.41, 5.74) is 2.50. The van der Waals surface area contributed by atoms with Crippen LogP contribution in [0.1, 0.15) is 12.1 Å². The van der Waals surface area contributed by atoms with E-state index in [9.17, 15) is 4.79 Å². The summed E-state index contributed by atoms with van der Waals surface area (Å²) in [6, 6.07) is 10.5. The van der Waals surface area contributed by atoms with Gasteiger partial charge in [-0.1, -0.05) is 18.2 Å². The Morgan fingerprint density at radius 3 is 2.94 bits per heavy atom. The van der Waals surface area contributed by atoms with Gasteiger partial charge in [-0.05, 0) is 30.9 Å². The minimum atomic E-state index is -0.106. The van der Waals surface area contributed by atoms with E-state index in [0.717, 1.165) is 13.0 Å². The Labute approximate surface area is 112 Å². The van der Waals surface area contributed by atoms with Gasteiger partial charge >= 0.3 is 0 Å². The lowest BCUT2D eigenvalue weighted by Gasteiger charge is -2.08. The first-order valence-electron chi connectivity index (χ1n) is 6.10. The molecule has 0 aliphatic heterocycles. The van der Waals surface area contributed by atoms with Gasteiger partial charge in [-0.3, -0.25) is 4.79 Å². The lowest BCUT2D eigenvalue weighted by molar-refractivity contribution is -0.118. The van der Waals surface area contributed by atoms with Gasteiger partial charge in [0, 0.05) is 24.3 Å². The van der Waals surface area contributed by atoms with Crippen molar-refractivity contribution in [2.24, 2.45) is 0 Å². The van der Waals surface area contributed by atoms with Gasteiger partial charge in [0.2, 0.25) is 5.91 Å². The number of benzene rings is 1. The maximum Gasteiger partial charge on any atom is 0.234 e. The van der Waals surface area contributed by atoms with Crippen molar-refractivity contribution in [3.8, 4) is 0 Å². The molecule has 1 amide bonds. The van der Waals surface area contributed by atoms with Gasteiger partial charge in [0.05, 0.1) is 0 Å². The second-order valence-electron chi connectivity index (χ2n) is 4.33. The number of para-hydroxylation sites is 1. The van der Waals surface area contributed by atoms with Crippen LogP contribution >= 0.6 is 11.6 Å². The van der Waals surface area contributed by atoms with E-state index < -0.39 is 0 Å². The minimum absolute atomic E-state index is 0.0332. The number of carbonyl (C=O) groups excluding carboxylic acids is 1. The smallest absolute Gasteiger partial charge is 0.234 e. The summed E-state index contributed by atoms with van der Waals surface area (Å²) < 4.78 is 2.28. The van der Waals surface area contributed by atoms with Crippen molar-refractivity contribution in [1.82, 2.24) is 9.88 Å². The van der Waals surface area contributed by atoms with E-state index in [4.69, 9.17) is 11.6 Å². The zero-order valence-electron chi connectivity index (χ0n) is 10.4. The van der Waals surface area contributed by atoms with Gasteiger partial charge < -0.3 is 9.88 Å². The summed E-state index contributed by atoms with van der Waals surface area (Å²) in [7, 11) is 0. The number of amides is 1. The molecule has 0 aliphatic carbocycles. The lowest BCUT2D eigenvalue weighted by Crippen LogP contribution is -2.26. The van der Waals surface area contributed by atoms with E-state index in [1.807, 2.05) is 12.1 Å². The third kappa shape index (κ3) is 2.85. The highest BCUT2D eigenvalue weighted by Gasteiger charge is 2.04. The molecule has 1 aromatic carbocycles. The van der Waals surface area contributed by atoms with Gasteiger partial charge in [-0.2, -0.15) is 0 Å². The van der Waals surface area contributed by atoms with Crippen molar-refractivity contribution in [3.63, 3.8) is 0 Å². The average Bonchev–Trinajstić information content (AvgIpc) is 2.70. The zero-order chi connectivity index (χ0) is 13.0. The molecular weight excluding hydrogens is 248 g/mol. The molecule has 0 fully saturated rings. The number of halogens is 1. The summed E-state index contributed by atoms with van der Waals surface area (Å²) in [6.45, 7) is 3.68. The topological polar surface area (TPSA) is 34.0 Å². The van der Waals surface area contributed by atoms with Crippen LogP contribution in [0.4, 0.5) is 0 Å². The fourth-order valence-corrected chi connectivity index (χ4v) is 2.25. The average molecular weight is 265 g/mol. The maximum absolute atomic E-state index is 11.0. The van der Waals surface area contributed by atoms with Crippen molar-refractivity contribution >= 4 is 28.4 Å². The van der Waals surface area contributed by atoms with Crippen molar-refractivity contribution < 1.29 is 4.79 Å². The van der Waals surface area contributed by atoms with Gasteiger partial charge in [0.25, 0.3) is 0 Å². The van der Waals surface area contributed by atoms with Crippen LogP contribution in [0.5, 0.6) is 0 Å². The standard InChI is InChI=1S/C14H17ClN2O/c1-11-9-12-5-2-3-6-13(12)17(11)8-4-7-16-14(18)10-15/h2-3,5-6,9H,4,7-8,10H2,1H3,(H,16,18). The molecule has 96 valence electrons. The number of aromatic nitrogens is 1. The molecule has 0 aliphatic rings. The number of nitrogens with zero attached hydrogens (tertiary/aromatic N) is 1. The van der Waals surface area contributed by atoms with Crippen LogP contribution in [0.15, 0.2) is 30.3 Å². The number of rotatable bonds is 5. The Morgan fingerprint density at radius 1 is 1.39 bits per heavy atom. The van der Waals surface area contributed by atoms with E-state index in [0.29, 0.717) is 6.54 Å². The number of aryl methyl sites for hydroxylation is 2. The molecule has 1 heterocycles. The second kappa shape index (κ2) is 5.91. The molecule has 2 aromatic rings.